The zero-order chi connectivity index (χ0) is 12.2. The topological polar surface area (TPSA) is 0 Å². The molecule has 0 nitrogen and oxygen atoms in total. The summed E-state index contributed by atoms with van der Waals surface area (Å²) in [4.78, 5) is 0. The van der Waals surface area contributed by atoms with E-state index in [1.165, 1.54) is 44.9 Å². The van der Waals surface area contributed by atoms with Crippen LogP contribution in [0.5, 0.6) is 0 Å². The van der Waals surface area contributed by atoms with Gasteiger partial charge in [0.1, 0.15) is 0 Å². The van der Waals surface area contributed by atoms with Crippen molar-refractivity contribution in [2.45, 2.75) is 72.1 Å². The Kier molecular flexibility index (Phi) is 10.6. The summed E-state index contributed by atoms with van der Waals surface area (Å²) in [5.74, 6) is 0.780. The minimum Gasteiger partial charge on any atom is -0.103 e. The van der Waals surface area contributed by atoms with Gasteiger partial charge in [0.15, 0.2) is 0 Å². The van der Waals surface area contributed by atoms with Crippen LogP contribution in [-0.4, -0.2) is 0 Å². The number of unbranched alkanes of at least 4 members (excludes halogenated alkanes) is 4. The Morgan fingerprint density at radius 3 is 2.25 bits per heavy atom. The Hall–Kier alpha value is -0.520. The van der Waals surface area contributed by atoms with Crippen molar-refractivity contribution in [3.8, 4) is 0 Å². The number of rotatable bonds is 7. The molecule has 1 fully saturated rings. The maximum absolute atomic E-state index is 3.60. The molecule has 1 aliphatic rings. The second-order valence-corrected chi connectivity index (χ2v) is 5.13. The van der Waals surface area contributed by atoms with Gasteiger partial charge >= 0.3 is 0 Å². The molecular formula is C16H30. The van der Waals surface area contributed by atoms with E-state index in [1.807, 2.05) is 6.08 Å². The third-order valence-corrected chi connectivity index (χ3v) is 2.67. The van der Waals surface area contributed by atoms with Gasteiger partial charge in [-0.25, -0.2) is 0 Å². The number of hydrogen-bond donors (Lipinski definition) is 0. The highest BCUT2D eigenvalue weighted by Crippen LogP contribution is 2.28. The van der Waals surface area contributed by atoms with Crippen LogP contribution in [0.15, 0.2) is 24.3 Å². The lowest BCUT2D eigenvalue weighted by molar-refractivity contribution is 0.664. The van der Waals surface area contributed by atoms with Crippen LogP contribution in [0.2, 0.25) is 0 Å². The Morgan fingerprint density at radius 1 is 1.19 bits per heavy atom. The summed E-state index contributed by atoms with van der Waals surface area (Å²) in [5.41, 5.74) is 1.71. The van der Waals surface area contributed by atoms with E-state index >= 15 is 0 Å². The van der Waals surface area contributed by atoms with E-state index in [2.05, 4.69) is 33.4 Å². The van der Waals surface area contributed by atoms with Crippen molar-refractivity contribution in [3.05, 3.63) is 24.3 Å². The lowest BCUT2D eigenvalue weighted by atomic mass is 10.1. The van der Waals surface area contributed by atoms with Gasteiger partial charge in [-0.15, -0.1) is 6.58 Å². The molecule has 0 spiro atoms. The predicted molar refractivity (Wildman–Crippen MR) is 75.7 cm³/mol. The highest BCUT2D eigenvalue weighted by molar-refractivity contribution is 5.15. The van der Waals surface area contributed by atoms with Crippen LogP contribution in [0.4, 0.5) is 0 Å². The molecule has 0 atom stereocenters. The largest absolute Gasteiger partial charge is 0.103 e. The molecule has 0 radical (unpaired) electrons. The van der Waals surface area contributed by atoms with Crippen molar-refractivity contribution < 1.29 is 0 Å². The van der Waals surface area contributed by atoms with Gasteiger partial charge in [0.2, 0.25) is 0 Å². The first-order valence-corrected chi connectivity index (χ1v) is 6.99. The maximum Gasteiger partial charge on any atom is -0.0283 e. The molecule has 94 valence electrons. The van der Waals surface area contributed by atoms with Gasteiger partial charge in [-0.1, -0.05) is 57.8 Å². The van der Waals surface area contributed by atoms with Crippen LogP contribution in [0, 0.1) is 5.92 Å². The minimum atomic E-state index is 0.780. The summed E-state index contributed by atoms with van der Waals surface area (Å²) >= 11 is 0. The molecule has 0 heteroatoms. The van der Waals surface area contributed by atoms with Gasteiger partial charge in [-0.05, 0) is 38.0 Å². The molecule has 0 N–H and O–H groups in total. The molecule has 1 saturated carbocycles. The summed E-state index contributed by atoms with van der Waals surface area (Å²) in [7, 11) is 0. The zero-order valence-corrected chi connectivity index (χ0v) is 11.6. The third kappa shape index (κ3) is 13.5. The van der Waals surface area contributed by atoms with Crippen molar-refractivity contribution >= 4 is 0 Å². The number of hydrogen-bond acceptors (Lipinski definition) is 0. The fourth-order valence-electron chi connectivity index (χ4n) is 1.49. The van der Waals surface area contributed by atoms with Crippen LogP contribution in [0.3, 0.4) is 0 Å². The predicted octanol–water partition coefficient (Wildman–Crippen LogP) is 5.90. The van der Waals surface area contributed by atoms with Crippen LogP contribution in [0.1, 0.15) is 72.1 Å². The molecule has 0 unspecified atom stereocenters. The average molecular weight is 222 g/mol. The molecule has 0 aliphatic heterocycles. The van der Waals surface area contributed by atoms with Gasteiger partial charge in [0.25, 0.3) is 0 Å². The summed E-state index contributed by atoms with van der Waals surface area (Å²) in [6, 6.07) is 0. The molecule has 16 heavy (non-hydrogen) atoms. The van der Waals surface area contributed by atoms with Gasteiger partial charge in [0, 0.05) is 0 Å². The Labute approximate surface area is 103 Å². The minimum absolute atomic E-state index is 0.780. The monoisotopic (exact) mass is 222 g/mol. The van der Waals surface area contributed by atoms with Crippen molar-refractivity contribution in [1.29, 1.82) is 0 Å². The standard InChI is InChI=1S/C10H18.C6H12/c1-2-3-4-5-6-7-10-8-9-10;1-4-5-6(2)3/h7H,2-6,8-9H2,1H3;4,6H,1,5H2,2-3H3. The molecule has 1 rings (SSSR count). The zero-order valence-electron chi connectivity index (χ0n) is 11.6. The van der Waals surface area contributed by atoms with E-state index in [9.17, 15) is 0 Å². The smallest absolute Gasteiger partial charge is 0.0283 e. The van der Waals surface area contributed by atoms with E-state index < -0.39 is 0 Å². The lowest BCUT2D eigenvalue weighted by Crippen LogP contribution is -1.78. The molecule has 0 aromatic heterocycles. The fraction of sp³-hybridized carbons (Fsp3) is 0.750. The van der Waals surface area contributed by atoms with E-state index in [1.54, 1.807) is 5.57 Å². The molecule has 0 amide bonds. The Balaban J connectivity index is 0.000000325. The summed E-state index contributed by atoms with van der Waals surface area (Å²) in [6.07, 6.45) is 15.3. The maximum atomic E-state index is 3.60. The summed E-state index contributed by atoms with van der Waals surface area (Å²) in [5, 5.41) is 0. The fourth-order valence-corrected chi connectivity index (χ4v) is 1.49. The van der Waals surface area contributed by atoms with Crippen molar-refractivity contribution in [2.75, 3.05) is 0 Å². The van der Waals surface area contributed by atoms with Gasteiger partial charge in [-0.3, -0.25) is 0 Å². The molecule has 0 saturated heterocycles. The third-order valence-electron chi connectivity index (χ3n) is 2.67. The first-order valence-electron chi connectivity index (χ1n) is 6.99. The molecule has 0 aromatic rings. The van der Waals surface area contributed by atoms with Gasteiger partial charge in [-0.2, -0.15) is 0 Å². The molecule has 0 heterocycles. The summed E-state index contributed by atoms with van der Waals surface area (Å²) in [6.45, 7) is 10.2. The highest BCUT2D eigenvalue weighted by atomic mass is 14.1. The van der Waals surface area contributed by atoms with Crippen LogP contribution >= 0.6 is 0 Å². The number of allylic oxidation sites excluding steroid dienone is 3. The molecule has 0 aromatic carbocycles. The quantitative estimate of drug-likeness (QED) is 0.372. The molecular weight excluding hydrogens is 192 g/mol. The average Bonchev–Trinajstić information content (AvgIpc) is 3.02. The van der Waals surface area contributed by atoms with Crippen molar-refractivity contribution in [2.24, 2.45) is 5.92 Å². The first-order chi connectivity index (χ1) is 7.70. The second-order valence-electron chi connectivity index (χ2n) is 5.13. The van der Waals surface area contributed by atoms with Crippen molar-refractivity contribution in [3.63, 3.8) is 0 Å². The van der Waals surface area contributed by atoms with E-state index in [-0.39, 0.29) is 0 Å². The van der Waals surface area contributed by atoms with Crippen LogP contribution in [0.25, 0.3) is 0 Å². The van der Waals surface area contributed by atoms with Crippen molar-refractivity contribution in [1.82, 2.24) is 0 Å². The lowest BCUT2D eigenvalue weighted by Gasteiger charge is -1.92. The van der Waals surface area contributed by atoms with Crippen LogP contribution in [-0.2, 0) is 0 Å². The summed E-state index contributed by atoms with van der Waals surface area (Å²) < 4.78 is 0. The Bertz CT molecular complexity index is 180. The van der Waals surface area contributed by atoms with Crippen LogP contribution < -0.4 is 0 Å². The highest BCUT2D eigenvalue weighted by Gasteiger charge is 2.08. The van der Waals surface area contributed by atoms with E-state index in [4.69, 9.17) is 0 Å². The first kappa shape index (κ1) is 15.5. The second kappa shape index (κ2) is 11.0. The van der Waals surface area contributed by atoms with Gasteiger partial charge < -0.3 is 0 Å². The van der Waals surface area contributed by atoms with E-state index in [0.29, 0.717) is 0 Å². The molecule has 0 bridgehead atoms. The Morgan fingerprint density at radius 2 is 1.88 bits per heavy atom. The van der Waals surface area contributed by atoms with Gasteiger partial charge in [0.05, 0.1) is 0 Å². The molecule has 1 aliphatic carbocycles. The van der Waals surface area contributed by atoms with E-state index in [0.717, 1.165) is 12.3 Å². The normalized spacial score (nSPS) is 13.1. The SMILES string of the molecule is C=CCC(C)C.CCCCCCC=C1CC1.